The second-order valence-electron chi connectivity index (χ2n) is 10.7. The molecule has 3 nitrogen and oxygen atoms in total. The number of hydrazine groups is 1. The Bertz CT molecular complexity index is 802. The van der Waals surface area contributed by atoms with Crippen LogP contribution in [0.1, 0.15) is 71.6 Å². The summed E-state index contributed by atoms with van der Waals surface area (Å²) in [5.41, 5.74) is 8.61. The molecule has 2 N–H and O–H groups in total. The van der Waals surface area contributed by atoms with Gasteiger partial charge in [-0.15, -0.1) is 0 Å². The van der Waals surface area contributed by atoms with Crippen LogP contribution in [0.15, 0.2) is 42.0 Å². The van der Waals surface area contributed by atoms with E-state index >= 15 is 0 Å². The number of anilines is 1. The Balaban J connectivity index is 1.31. The molecule has 6 atom stereocenters. The van der Waals surface area contributed by atoms with Crippen LogP contribution in [0.25, 0.3) is 0 Å². The molecule has 1 amide bonds. The van der Waals surface area contributed by atoms with Crippen molar-refractivity contribution in [3.8, 4) is 0 Å². The molecule has 0 heterocycles. The molecule has 3 heteroatoms. The van der Waals surface area contributed by atoms with Gasteiger partial charge in [-0.3, -0.25) is 15.6 Å². The average Bonchev–Trinajstić information content (AvgIpc) is 3.09. The Morgan fingerprint density at radius 1 is 0.966 bits per heavy atom. The second-order valence-corrected chi connectivity index (χ2v) is 10.7. The lowest BCUT2D eigenvalue weighted by atomic mass is 9.45. The first-order chi connectivity index (χ1) is 14.0. The first-order valence-corrected chi connectivity index (χ1v) is 11.8. The van der Waals surface area contributed by atoms with Gasteiger partial charge >= 0.3 is 0 Å². The van der Waals surface area contributed by atoms with Gasteiger partial charge in [0.05, 0.1) is 5.69 Å². The molecule has 0 saturated heterocycles. The van der Waals surface area contributed by atoms with Crippen molar-refractivity contribution in [3.05, 3.63) is 42.0 Å². The van der Waals surface area contributed by atoms with Gasteiger partial charge in [-0.05, 0) is 86.2 Å². The Hall–Kier alpha value is -1.77. The lowest BCUT2D eigenvalue weighted by Crippen LogP contribution is -2.53. The average molecular weight is 393 g/mol. The van der Waals surface area contributed by atoms with E-state index in [1.807, 2.05) is 30.3 Å². The molecule has 0 aromatic heterocycles. The monoisotopic (exact) mass is 392 g/mol. The van der Waals surface area contributed by atoms with Crippen LogP contribution in [0.3, 0.4) is 0 Å². The number of para-hydroxylation sites is 1. The Morgan fingerprint density at radius 2 is 1.79 bits per heavy atom. The van der Waals surface area contributed by atoms with Crippen molar-refractivity contribution in [2.45, 2.75) is 71.6 Å². The molecule has 1 aromatic rings. The van der Waals surface area contributed by atoms with E-state index in [1.54, 1.807) is 0 Å². The van der Waals surface area contributed by atoms with Crippen molar-refractivity contribution in [2.75, 3.05) is 5.43 Å². The van der Waals surface area contributed by atoms with E-state index in [1.165, 1.54) is 51.4 Å². The molecule has 5 rings (SSSR count). The Morgan fingerprint density at radius 3 is 2.62 bits per heavy atom. The molecule has 0 spiro atoms. The number of hydrogen-bond acceptors (Lipinski definition) is 2. The van der Waals surface area contributed by atoms with E-state index in [0.717, 1.165) is 35.4 Å². The summed E-state index contributed by atoms with van der Waals surface area (Å²) >= 11 is 0. The molecule has 29 heavy (non-hydrogen) atoms. The van der Waals surface area contributed by atoms with Crippen LogP contribution < -0.4 is 10.9 Å². The summed E-state index contributed by atoms with van der Waals surface area (Å²) in [6, 6.07) is 9.89. The number of fused-ring (bicyclic) bond motifs is 5. The van der Waals surface area contributed by atoms with Gasteiger partial charge in [0.15, 0.2) is 0 Å². The lowest BCUT2D eigenvalue weighted by molar-refractivity contribution is -0.122. The molecule has 0 radical (unpaired) electrons. The molecule has 4 aliphatic carbocycles. The van der Waals surface area contributed by atoms with Gasteiger partial charge in [-0.2, -0.15) is 0 Å². The summed E-state index contributed by atoms with van der Waals surface area (Å²) in [7, 11) is 0. The third kappa shape index (κ3) is 3.04. The van der Waals surface area contributed by atoms with Crippen LogP contribution in [-0.2, 0) is 4.79 Å². The zero-order valence-corrected chi connectivity index (χ0v) is 18.0. The minimum absolute atomic E-state index is 0.0431. The van der Waals surface area contributed by atoms with Gasteiger partial charge in [0.2, 0.25) is 0 Å². The number of allylic oxidation sites excluding steroid dienone is 1. The molecule has 0 bridgehead atoms. The van der Waals surface area contributed by atoms with Crippen molar-refractivity contribution < 1.29 is 4.79 Å². The molecule has 3 fully saturated rings. The molecule has 156 valence electrons. The van der Waals surface area contributed by atoms with Crippen LogP contribution in [0.4, 0.5) is 5.69 Å². The van der Waals surface area contributed by atoms with Gasteiger partial charge in [-0.1, -0.05) is 51.0 Å². The fourth-order valence-corrected chi connectivity index (χ4v) is 7.93. The number of nitrogens with one attached hydrogen (secondary N) is 2. The summed E-state index contributed by atoms with van der Waals surface area (Å²) in [6.07, 6.45) is 14.4. The van der Waals surface area contributed by atoms with Crippen molar-refractivity contribution in [3.63, 3.8) is 0 Å². The van der Waals surface area contributed by atoms with Gasteiger partial charge in [0.1, 0.15) is 0 Å². The Labute approximate surface area is 175 Å². The van der Waals surface area contributed by atoms with Crippen LogP contribution in [0.5, 0.6) is 0 Å². The predicted molar refractivity (Wildman–Crippen MR) is 118 cm³/mol. The minimum Gasteiger partial charge on any atom is -0.298 e. The number of benzene rings is 1. The highest BCUT2D eigenvalue weighted by atomic mass is 16.2. The zero-order valence-electron chi connectivity index (χ0n) is 18.0. The first-order valence-electron chi connectivity index (χ1n) is 11.8. The highest BCUT2D eigenvalue weighted by Gasteiger charge is 2.58. The fraction of sp³-hybridized carbons (Fsp3) is 0.654. The summed E-state index contributed by atoms with van der Waals surface area (Å²) in [4.78, 5) is 13.1. The number of amides is 1. The summed E-state index contributed by atoms with van der Waals surface area (Å²) < 4.78 is 0. The van der Waals surface area contributed by atoms with Crippen LogP contribution in [0.2, 0.25) is 0 Å². The van der Waals surface area contributed by atoms with Crippen LogP contribution in [-0.4, -0.2) is 5.91 Å². The maximum Gasteiger partial charge on any atom is 0.265 e. The van der Waals surface area contributed by atoms with E-state index in [0.29, 0.717) is 11.3 Å². The molecule has 1 aromatic carbocycles. The van der Waals surface area contributed by atoms with Crippen molar-refractivity contribution in [1.82, 2.24) is 5.43 Å². The summed E-state index contributed by atoms with van der Waals surface area (Å²) in [5, 5.41) is 0. The number of carbonyl (C=O) groups is 1. The highest BCUT2D eigenvalue weighted by molar-refractivity contribution is 5.96. The summed E-state index contributed by atoms with van der Waals surface area (Å²) in [6.45, 7) is 5.00. The highest BCUT2D eigenvalue weighted by Crippen LogP contribution is 2.66. The Kier molecular flexibility index (Phi) is 4.75. The minimum atomic E-state index is 0.0431. The molecule has 4 aliphatic rings. The molecule has 3 saturated carbocycles. The van der Waals surface area contributed by atoms with Crippen molar-refractivity contribution in [1.29, 1.82) is 0 Å². The van der Waals surface area contributed by atoms with Gasteiger partial charge in [0, 0.05) is 11.0 Å². The largest absolute Gasteiger partial charge is 0.298 e. The van der Waals surface area contributed by atoms with Gasteiger partial charge in [0.25, 0.3) is 5.91 Å². The van der Waals surface area contributed by atoms with Crippen LogP contribution >= 0.6 is 0 Å². The van der Waals surface area contributed by atoms with Gasteiger partial charge < -0.3 is 0 Å². The van der Waals surface area contributed by atoms with E-state index < -0.39 is 0 Å². The van der Waals surface area contributed by atoms with Crippen molar-refractivity contribution in [2.24, 2.45) is 34.5 Å². The topological polar surface area (TPSA) is 41.1 Å². The second kappa shape index (κ2) is 7.18. The maximum absolute atomic E-state index is 13.1. The number of rotatable bonds is 3. The van der Waals surface area contributed by atoms with E-state index in [4.69, 9.17) is 0 Å². The maximum atomic E-state index is 13.1. The number of carbonyl (C=O) groups excluding carboxylic acids is 1. The third-order valence-electron chi connectivity index (χ3n) is 9.50. The standard InChI is InChI=1S/C26H36N2O/c1-25-16-7-6-8-18(25)11-12-20-21-13-14-23(26(21,2)17-15-22(20)25)24(29)28-27-19-9-4-3-5-10-19/h3-5,9-10,14,18,20-22,27H,6-8,11-13,15-17H2,1-2H3,(H,28,29)/t18-,20+,21+,22+,25+,26+/m1/s1. The van der Waals surface area contributed by atoms with Crippen LogP contribution in [0, 0.1) is 34.5 Å². The fourth-order valence-electron chi connectivity index (χ4n) is 7.93. The first kappa shape index (κ1) is 19.2. The van der Waals surface area contributed by atoms with Gasteiger partial charge in [-0.25, -0.2) is 0 Å². The van der Waals surface area contributed by atoms with E-state index in [9.17, 15) is 4.79 Å². The predicted octanol–water partition coefficient (Wildman–Crippen LogP) is 6.10. The summed E-state index contributed by atoms with van der Waals surface area (Å²) in [5.74, 6) is 3.34. The normalized spacial score (nSPS) is 40.8. The van der Waals surface area contributed by atoms with E-state index in [2.05, 4.69) is 30.8 Å². The quantitative estimate of drug-likeness (QED) is 0.610. The van der Waals surface area contributed by atoms with E-state index in [-0.39, 0.29) is 11.3 Å². The number of hydrogen-bond donors (Lipinski definition) is 2. The third-order valence-corrected chi connectivity index (χ3v) is 9.50. The molecular weight excluding hydrogens is 356 g/mol. The zero-order chi connectivity index (χ0) is 20.1. The van der Waals surface area contributed by atoms with Crippen molar-refractivity contribution >= 4 is 11.6 Å². The molecule has 0 aliphatic heterocycles. The SMILES string of the molecule is C[C@]12CCCC[C@@H]1CC[C@@H]1[C@@H]2CC[C@]2(C)C(C(=O)NNc3ccccc3)=CC[C@@H]12. The lowest BCUT2D eigenvalue weighted by Gasteiger charge is -2.60. The molecular formula is C26H36N2O. The molecule has 0 unspecified atom stereocenters. The smallest absolute Gasteiger partial charge is 0.265 e.